The number of aryl methyl sites for hydroxylation is 1. The van der Waals surface area contributed by atoms with E-state index in [4.69, 9.17) is 4.52 Å². The number of benzene rings is 1. The second-order valence-electron chi connectivity index (χ2n) is 7.36. The summed E-state index contributed by atoms with van der Waals surface area (Å²) in [7, 11) is -3.39. The van der Waals surface area contributed by atoms with Crippen molar-refractivity contribution in [1.82, 2.24) is 19.3 Å². The van der Waals surface area contributed by atoms with Gasteiger partial charge in [0.1, 0.15) is 0 Å². The van der Waals surface area contributed by atoms with Crippen molar-refractivity contribution in [2.45, 2.75) is 25.0 Å². The van der Waals surface area contributed by atoms with E-state index in [0.717, 1.165) is 10.4 Å². The van der Waals surface area contributed by atoms with Gasteiger partial charge in [-0.2, -0.15) is 9.29 Å². The summed E-state index contributed by atoms with van der Waals surface area (Å²) in [6.07, 6.45) is 1.51. The molecule has 3 aromatic rings. The number of nitrogens with zero attached hydrogens (tertiary/aromatic N) is 4. The van der Waals surface area contributed by atoms with Crippen LogP contribution in [-0.2, 0) is 27.0 Å². The molecule has 0 radical (unpaired) electrons. The van der Waals surface area contributed by atoms with Gasteiger partial charge in [0, 0.05) is 39.0 Å². The average molecular weight is 461 g/mol. The Balaban J connectivity index is 1.21. The lowest BCUT2D eigenvalue weighted by atomic mass is 10.2. The first-order valence-corrected chi connectivity index (χ1v) is 12.7. The van der Waals surface area contributed by atoms with Crippen molar-refractivity contribution >= 4 is 27.3 Å². The fourth-order valence-electron chi connectivity index (χ4n) is 3.50. The lowest BCUT2D eigenvalue weighted by molar-refractivity contribution is -0.132. The van der Waals surface area contributed by atoms with E-state index in [0.29, 0.717) is 57.2 Å². The molecule has 1 aliphatic heterocycles. The van der Waals surface area contributed by atoms with Crippen LogP contribution in [0.5, 0.6) is 0 Å². The van der Waals surface area contributed by atoms with Gasteiger partial charge in [-0.1, -0.05) is 41.6 Å². The number of carbonyl (C=O) groups is 1. The highest BCUT2D eigenvalue weighted by Crippen LogP contribution is 2.22. The van der Waals surface area contributed by atoms with Crippen molar-refractivity contribution in [2.75, 3.05) is 26.2 Å². The SMILES string of the molecule is O=C(CCCc1nc(-c2cccs2)no1)N1CCN(S(=O)(=O)Cc2ccccc2)CC1. The van der Waals surface area contributed by atoms with Crippen LogP contribution in [0.25, 0.3) is 10.7 Å². The standard InChI is InChI=1S/C21H24N4O4S2/c26-20(10-4-9-19-22-21(23-29-19)18-8-5-15-30-18)24-11-13-25(14-12-24)31(27,28)16-17-6-2-1-3-7-17/h1-3,5-8,15H,4,9-14,16H2. The van der Waals surface area contributed by atoms with Crippen LogP contribution in [0, 0.1) is 0 Å². The first-order valence-electron chi connectivity index (χ1n) is 10.2. The molecule has 0 atom stereocenters. The average Bonchev–Trinajstić information content (AvgIpc) is 3.46. The summed E-state index contributed by atoms with van der Waals surface area (Å²) < 4.78 is 32.0. The van der Waals surface area contributed by atoms with Gasteiger partial charge in [-0.3, -0.25) is 4.79 Å². The van der Waals surface area contributed by atoms with Gasteiger partial charge in [0.05, 0.1) is 10.6 Å². The van der Waals surface area contributed by atoms with Gasteiger partial charge in [-0.05, 0) is 23.4 Å². The van der Waals surface area contributed by atoms with Gasteiger partial charge in [0.25, 0.3) is 0 Å². The summed E-state index contributed by atoms with van der Waals surface area (Å²) in [6.45, 7) is 1.48. The minimum Gasteiger partial charge on any atom is -0.340 e. The van der Waals surface area contributed by atoms with Crippen molar-refractivity contribution < 1.29 is 17.7 Å². The van der Waals surface area contributed by atoms with Crippen molar-refractivity contribution in [2.24, 2.45) is 0 Å². The molecule has 1 aromatic carbocycles. The molecule has 31 heavy (non-hydrogen) atoms. The Bertz CT molecular complexity index is 1090. The number of amides is 1. The van der Waals surface area contributed by atoms with E-state index < -0.39 is 10.0 Å². The van der Waals surface area contributed by atoms with Crippen molar-refractivity contribution in [3.8, 4) is 10.7 Å². The van der Waals surface area contributed by atoms with Crippen LogP contribution in [0.1, 0.15) is 24.3 Å². The van der Waals surface area contributed by atoms with Crippen molar-refractivity contribution in [1.29, 1.82) is 0 Å². The molecular weight excluding hydrogens is 436 g/mol. The Morgan fingerprint density at radius 2 is 1.84 bits per heavy atom. The molecule has 4 rings (SSSR count). The van der Waals surface area contributed by atoms with Gasteiger partial charge >= 0.3 is 0 Å². The van der Waals surface area contributed by atoms with Crippen LogP contribution >= 0.6 is 11.3 Å². The Kier molecular flexibility index (Phi) is 6.79. The molecule has 0 N–H and O–H groups in total. The zero-order valence-electron chi connectivity index (χ0n) is 17.0. The minimum absolute atomic E-state index is 0.0145. The monoisotopic (exact) mass is 460 g/mol. The maximum Gasteiger partial charge on any atom is 0.226 e. The van der Waals surface area contributed by atoms with E-state index >= 15 is 0 Å². The molecule has 2 aromatic heterocycles. The predicted molar refractivity (Wildman–Crippen MR) is 118 cm³/mol. The maximum absolute atomic E-state index is 12.6. The first kappa shape index (κ1) is 21.7. The Hall–Kier alpha value is -2.56. The maximum atomic E-state index is 12.6. The van der Waals surface area contributed by atoms with Crippen molar-refractivity contribution in [3.63, 3.8) is 0 Å². The zero-order valence-corrected chi connectivity index (χ0v) is 18.6. The molecule has 1 fully saturated rings. The van der Waals surface area contributed by atoms with E-state index in [9.17, 15) is 13.2 Å². The highest BCUT2D eigenvalue weighted by Gasteiger charge is 2.28. The summed E-state index contributed by atoms with van der Waals surface area (Å²) in [6, 6.07) is 13.0. The Labute approximate surface area is 185 Å². The third kappa shape index (κ3) is 5.57. The summed E-state index contributed by atoms with van der Waals surface area (Å²) in [5.41, 5.74) is 0.768. The number of hydrogen-bond acceptors (Lipinski definition) is 7. The molecule has 8 nitrogen and oxygen atoms in total. The molecule has 1 saturated heterocycles. The van der Waals surface area contributed by atoms with Crippen LogP contribution in [0.15, 0.2) is 52.4 Å². The number of thiophene rings is 1. The molecule has 3 heterocycles. The summed E-state index contributed by atoms with van der Waals surface area (Å²) >= 11 is 1.55. The van der Waals surface area contributed by atoms with E-state index in [-0.39, 0.29) is 11.7 Å². The fraction of sp³-hybridized carbons (Fsp3) is 0.381. The van der Waals surface area contributed by atoms with E-state index in [1.807, 2.05) is 47.8 Å². The molecular formula is C21H24N4O4S2. The molecule has 1 amide bonds. The smallest absolute Gasteiger partial charge is 0.226 e. The van der Waals surface area contributed by atoms with E-state index in [1.165, 1.54) is 4.31 Å². The highest BCUT2D eigenvalue weighted by molar-refractivity contribution is 7.88. The van der Waals surface area contributed by atoms with Crippen LogP contribution in [0.4, 0.5) is 0 Å². The number of sulfonamides is 1. The largest absolute Gasteiger partial charge is 0.340 e. The summed E-state index contributed by atoms with van der Waals surface area (Å²) in [4.78, 5) is 19.6. The number of piperazine rings is 1. The van der Waals surface area contributed by atoms with E-state index in [1.54, 1.807) is 16.2 Å². The number of aromatic nitrogens is 2. The number of hydrogen-bond donors (Lipinski definition) is 0. The van der Waals surface area contributed by atoms with Gasteiger partial charge < -0.3 is 9.42 Å². The van der Waals surface area contributed by atoms with Crippen LogP contribution in [0.2, 0.25) is 0 Å². The number of rotatable bonds is 8. The molecule has 0 saturated carbocycles. The fourth-order valence-corrected chi connectivity index (χ4v) is 5.67. The third-order valence-electron chi connectivity index (χ3n) is 5.17. The topological polar surface area (TPSA) is 96.6 Å². The molecule has 0 bridgehead atoms. The van der Waals surface area contributed by atoms with Gasteiger partial charge in [-0.15, -0.1) is 11.3 Å². The normalized spacial score (nSPS) is 15.3. The van der Waals surface area contributed by atoms with Crippen LogP contribution in [-0.4, -0.2) is 59.8 Å². The van der Waals surface area contributed by atoms with E-state index in [2.05, 4.69) is 10.1 Å². The predicted octanol–water partition coefficient (Wildman–Crippen LogP) is 2.80. The summed E-state index contributed by atoms with van der Waals surface area (Å²) in [5.74, 6) is 1.11. The molecule has 0 aliphatic carbocycles. The molecule has 10 heteroatoms. The zero-order chi connectivity index (χ0) is 21.7. The lowest BCUT2D eigenvalue weighted by Crippen LogP contribution is -2.50. The second-order valence-corrected chi connectivity index (χ2v) is 10.3. The third-order valence-corrected chi connectivity index (χ3v) is 7.88. The van der Waals surface area contributed by atoms with Gasteiger partial charge in [0.2, 0.25) is 27.6 Å². The Morgan fingerprint density at radius 3 is 2.55 bits per heavy atom. The summed E-state index contributed by atoms with van der Waals surface area (Å²) in [5, 5.41) is 5.93. The van der Waals surface area contributed by atoms with Gasteiger partial charge in [-0.25, -0.2) is 8.42 Å². The van der Waals surface area contributed by atoms with Crippen molar-refractivity contribution in [3.05, 3.63) is 59.3 Å². The number of carbonyl (C=O) groups excluding carboxylic acids is 1. The second kappa shape index (κ2) is 9.71. The van der Waals surface area contributed by atoms with Gasteiger partial charge in [0.15, 0.2) is 0 Å². The highest BCUT2D eigenvalue weighted by atomic mass is 32.2. The van der Waals surface area contributed by atoms with Crippen LogP contribution in [0.3, 0.4) is 0 Å². The van der Waals surface area contributed by atoms with Crippen LogP contribution < -0.4 is 0 Å². The molecule has 0 unspecified atom stereocenters. The molecule has 164 valence electrons. The molecule has 0 spiro atoms. The first-order chi connectivity index (χ1) is 15.0. The molecule has 1 aliphatic rings. The lowest BCUT2D eigenvalue weighted by Gasteiger charge is -2.34. The minimum atomic E-state index is -3.39. The quantitative estimate of drug-likeness (QED) is 0.513. The Morgan fingerprint density at radius 1 is 1.06 bits per heavy atom.